The smallest absolute Gasteiger partial charge is 0.271 e. The quantitative estimate of drug-likeness (QED) is 0.786. The van der Waals surface area contributed by atoms with Crippen molar-refractivity contribution >= 4 is 21.8 Å². The highest BCUT2D eigenvalue weighted by Gasteiger charge is 2.12. The number of aryl methyl sites for hydroxylation is 1. The van der Waals surface area contributed by atoms with Crippen LogP contribution in [0.5, 0.6) is 0 Å². The maximum atomic E-state index is 11.8. The van der Waals surface area contributed by atoms with E-state index in [1.807, 2.05) is 7.05 Å². The lowest BCUT2D eigenvalue weighted by Gasteiger charge is -2.14. The van der Waals surface area contributed by atoms with Crippen molar-refractivity contribution in [3.63, 3.8) is 0 Å². The summed E-state index contributed by atoms with van der Waals surface area (Å²) in [5, 5.41) is 8.01. The number of hydrogen-bond donors (Lipinski definition) is 1. The Morgan fingerprint density at radius 3 is 2.88 bits per heavy atom. The Balaban J connectivity index is 2.40. The normalized spacial score (nSPS) is 12.4. The number of carbonyl (C=O) groups excluding carboxylic acids is 1. The SMILES string of the molecule is CCCC(CCBr)CNC(=O)c1ccn(C)n1. The van der Waals surface area contributed by atoms with Gasteiger partial charge in [-0.05, 0) is 24.8 Å². The van der Waals surface area contributed by atoms with E-state index < -0.39 is 0 Å². The molecule has 1 aromatic heterocycles. The molecule has 0 aliphatic rings. The van der Waals surface area contributed by atoms with E-state index in [2.05, 4.69) is 33.3 Å². The van der Waals surface area contributed by atoms with Crippen molar-refractivity contribution in [2.75, 3.05) is 11.9 Å². The number of carbonyl (C=O) groups is 1. The fraction of sp³-hybridized carbons (Fsp3) is 0.667. The standard InChI is InChI=1S/C12H20BrN3O/c1-3-4-10(5-7-13)9-14-12(17)11-6-8-16(2)15-11/h6,8,10H,3-5,7,9H2,1-2H3,(H,14,17). The highest BCUT2D eigenvalue weighted by atomic mass is 79.9. The predicted molar refractivity (Wildman–Crippen MR) is 72.4 cm³/mol. The van der Waals surface area contributed by atoms with Crippen LogP contribution in [0.15, 0.2) is 12.3 Å². The number of halogens is 1. The summed E-state index contributed by atoms with van der Waals surface area (Å²) in [7, 11) is 1.81. The molecule has 1 unspecified atom stereocenters. The van der Waals surface area contributed by atoms with Crippen LogP contribution < -0.4 is 5.32 Å². The van der Waals surface area contributed by atoms with Gasteiger partial charge < -0.3 is 5.32 Å². The molecule has 0 aliphatic heterocycles. The van der Waals surface area contributed by atoms with Crippen molar-refractivity contribution in [3.8, 4) is 0 Å². The van der Waals surface area contributed by atoms with Crippen LogP contribution in [0.4, 0.5) is 0 Å². The molecule has 0 saturated heterocycles. The van der Waals surface area contributed by atoms with Crippen molar-refractivity contribution in [2.45, 2.75) is 26.2 Å². The second-order valence-corrected chi connectivity index (χ2v) is 5.01. The number of alkyl halides is 1. The summed E-state index contributed by atoms with van der Waals surface area (Å²) in [6.07, 6.45) is 5.17. The van der Waals surface area contributed by atoms with Crippen molar-refractivity contribution in [1.82, 2.24) is 15.1 Å². The first-order valence-electron chi connectivity index (χ1n) is 6.01. The zero-order valence-corrected chi connectivity index (χ0v) is 12.0. The molecule has 1 rings (SSSR count). The van der Waals surface area contributed by atoms with Crippen LogP contribution in [0, 0.1) is 5.92 Å². The third-order valence-corrected chi connectivity index (χ3v) is 3.17. The van der Waals surface area contributed by atoms with Crippen molar-refractivity contribution in [1.29, 1.82) is 0 Å². The molecule has 0 saturated carbocycles. The summed E-state index contributed by atoms with van der Waals surface area (Å²) in [6, 6.07) is 1.73. The maximum Gasteiger partial charge on any atom is 0.271 e. The van der Waals surface area contributed by atoms with Crippen LogP contribution in [-0.4, -0.2) is 27.6 Å². The van der Waals surface area contributed by atoms with E-state index in [1.54, 1.807) is 16.9 Å². The average molecular weight is 302 g/mol. The first-order chi connectivity index (χ1) is 8.17. The fourth-order valence-corrected chi connectivity index (χ4v) is 2.42. The number of rotatable bonds is 7. The first kappa shape index (κ1) is 14.2. The molecule has 0 radical (unpaired) electrons. The van der Waals surface area contributed by atoms with E-state index >= 15 is 0 Å². The molecular weight excluding hydrogens is 282 g/mol. The van der Waals surface area contributed by atoms with E-state index in [0.29, 0.717) is 11.6 Å². The highest BCUT2D eigenvalue weighted by Crippen LogP contribution is 2.11. The van der Waals surface area contributed by atoms with Crippen LogP contribution in [0.25, 0.3) is 0 Å². The van der Waals surface area contributed by atoms with Crippen molar-refractivity contribution in [3.05, 3.63) is 18.0 Å². The molecule has 96 valence electrons. The molecule has 0 bridgehead atoms. The zero-order chi connectivity index (χ0) is 12.7. The number of aromatic nitrogens is 2. The molecule has 0 aromatic carbocycles. The molecule has 1 amide bonds. The minimum absolute atomic E-state index is 0.0822. The van der Waals surface area contributed by atoms with Crippen LogP contribution in [0.2, 0.25) is 0 Å². The Kier molecular flexibility index (Phi) is 6.26. The summed E-state index contributed by atoms with van der Waals surface area (Å²) in [6.45, 7) is 2.90. The Bertz CT molecular complexity index is 345. The zero-order valence-electron chi connectivity index (χ0n) is 10.4. The van der Waals surface area contributed by atoms with Gasteiger partial charge in [0, 0.05) is 25.1 Å². The molecular formula is C12H20BrN3O. The van der Waals surface area contributed by atoms with Gasteiger partial charge in [0.2, 0.25) is 0 Å². The second-order valence-electron chi connectivity index (χ2n) is 4.22. The van der Waals surface area contributed by atoms with Crippen molar-refractivity contribution < 1.29 is 4.79 Å². The number of nitrogens with one attached hydrogen (secondary N) is 1. The number of amides is 1. The Hall–Kier alpha value is -0.840. The highest BCUT2D eigenvalue weighted by molar-refractivity contribution is 9.09. The van der Waals surface area contributed by atoms with Gasteiger partial charge in [0.05, 0.1) is 0 Å². The first-order valence-corrected chi connectivity index (χ1v) is 7.13. The van der Waals surface area contributed by atoms with E-state index in [4.69, 9.17) is 0 Å². The molecule has 1 atom stereocenters. The lowest BCUT2D eigenvalue weighted by molar-refractivity contribution is 0.0940. The largest absolute Gasteiger partial charge is 0.350 e. The van der Waals surface area contributed by atoms with E-state index in [9.17, 15) is 4.79 Å². The summed E-state index contributed by atoms with van der Waals surface area (Å²) in [4.78, 5) is 11.8. The summed E-state index contributed by atoms with van der Waals surface area (Å²) in [5.74, 6) is 0.466. The predicted octanol–water partition coefficient (Wildman–Crippen LogP) is 2.35. The molecule has 1 N–H and O–H groups in total. The maximum absolute atomic E-state index is 11.8. The van der Waals surface area contributed by atoms with Gasteiger partial charge in [-0.25, -0.2) is 0 Å². The van der Waals surface area contributed by atoms with Gasteiger partial charge in [-0.1, -0.05) is 29.3 Å². The molecule has 0 fully saturated rings. The van der Waals surface area contributed by atoms with E-state index in [-0.39, 0.29) is 5.91 Å². The second kappa shape index (κ2) is 7.48. The van der Waals surface area contributed by atoms with Gasteiger partial charge in [0.1, 0.15) is 5.69 Å². The summed E-state index contributed by atoms with van der Waals surface area (Å²) >= 11 is 3.45. The van der Waals surface area contributed by atoms with Gasteiger partial charge in [0.25, 0.3) is 5.91 Å². The van der Waals surface area contributed by atoms with Gasteiger partial charge in [0.15, 0.2) is 0 Å². The molecule has 0 spiro atoms. The summed E-state index contributed by atoms with van der Waals surface area (Å²) < 4.78 is 1.64. The molecule has 1 aromatic rings. The molecule has 0 aliphatic carbocycles. The van der Waals surface area contributed by atoms with Crippen LogP contribution in [-0.2, 0) is 7.05 Å². The Morgan fingerprint density at radius 1 is 1.59 bits per heavy atom. The lowest BCUT2D eigenvalue weighted by atomic mass is 10.0. The van der Waals surface area contributed by atoms with Gasteiger partial charge in [-0.3, -0.25) is 9.48 Å². The topological polar surface area (TPSA) is 46.9 Å². The van der Waals surface area contributed by atoms with Crippen LogP contribution in [0.3, 0.4) is 0 Å². The Morgan fingerprint density at radius 2 is 2.35 bits per heavy atom. The molecule has 17 heavy (non-hydrogen) atoms. The third kappa shape index (κ3) is 4.89. The van der Waals surface area contributed by atoms with E-state index in [0.717, 1.165) is 31.1 Å². The van der Waals surface area contributed by atoms with Crippen molar-refractivity contribution in [2.24, 2.45) is 13.0 Å². The van der Waals surface area contributed by atoms with Crippen LogP contribution >= 0.6 is 15.9 Å². The van der Waals surface area contributed by atoms with Gasteiger partial charge in [-0.15, -0.1) is 0 Å². The minimum Gasteiger partial charge on any atom is -0.350 e. The monoisotopic (exact) mass is 301 g/mol. The molecule has 4 nitrogen and oxygen atoms in total. The van der Waals surface area contributed by atoms with Crippen LogP contribution in [0.1, 0.15) is 36.7 Å². The van der Waals surface area contributed by atoms with Gasteiger partial charge >= 0.3 is 0 Å². The third-order valence-electron chi connectivity index (χ3n) is 2.71. The average Bonchev–Trinajstić information content (AvgIpc) is 2.73. The lowest BCUT2D eigenvalue weighted by Crippen LogP contribution is -2.30. The molecule has 5 heteroatoms. The fourth-order valence-electron chi connectivity index (χ4n) is 1.77. The molecule has 1 heterocycles. The number of nitrogens with zero attached hydrogens (tertiary/aromatic N) is 2. The number of hydrogen-bond acceptors (Lipinski definition) is 2. The Labute approximate surface area is 111 Å². The van der Waals surface area contributed by atoms with Gasteiger partial charge in [-0.2, -0.15) is 5.10 Å². The van der Waals surface area contributed by atoms with E-state index in [1.165, 1.54) is 0 Å². The summed E-state index contributed by atoms with van der Waals surface area (Å²) in [5.41, 5.74) is 0.488. The minimum atomic E-state index is -0.0822.